The van der Waals surface area contributed by atoms with Crippen molar-refractivity contribution in [1.82, 2.24) is 4.98 Å². The summed E-state index contributed by atoms with van der Waals surface area (Å²) < 4.78 is 0. The van der Waals surface area contributed by atoms with Crippen molar-refractivity contribution in [3.8, 4) is 0 Å². The standard InChI is InChI=1S/C12H12ClNOS/c1-8-2-3-12(16-8)11(15)6-9-4-5-14-7-10(9)13/h2-5,7,11,15H,6H2,1H3. The molecule has 1 atom stereocenters. The number of nitrogens with zero attached hydrogens (tertiary/aromatic N) is 1. The van der Waals surface area contributed by atoms with Gasteiger partial charge in [-0.1, -0.05) is 11.6 Å². The van der Waals surface area contributed by atoms with Crippen LogP contribution in [0.2, 0.25) is 5.02 Å². The van der Waals surface area contributed by atoms with Gasteiger partial charge >= 0.3 is 0 Å². The van der Waals surface area contributed by atoms with E-state index < -0.39 is 6.10 Å². The highest BCUT2D eigenvalue weighted by Gasteiger charge is 2.12. The molecule has 0 aromatic carbocycles. The predicted octanol–water partition coefficient (Wildman–Crippen LogP) is 3.38. The third kappa shape index (κ3) is 2.61. The molecule has 0 saturated carbocycles. The van der Waals surface area contributed by atoms with Crippen LogP contribution < -0.4 is 0 Å². The molecule has 2 aromatic heterocycles. The Hall–Kier alpha value is -0.900. The molecule has 0 aliphatic rings. The number of hydrogen-bond donors (Lipinski definition) is 1. The molecule has 2 heterocycles. The van der Waals surface area contributed by atoms with Gasteiger partial charge in [0.25, 0.3) is 0 Å². The Bertz CT molecular complexity index is 483. The van der Waals surface area contributed by atoms with Gasteiger partial charge in [0.2, 0.25) is 0 Å². The van der Waals surface area contributed by atoms with E-state index in [0.29, 0.717) is 11.4 Å². The lowest BCUT2D eigenvalue weighted by Gasteiger charge is -2.09. The van der Waals surface area contributed by atoms with E-state index >= 15 is 0 Å². The second kappa shape index (κ2) is 4.95. The summed E-state index contributed by atoms with van der Waals surface area (Å²) in [5.74, 6) is 0. The molecule has 2 rings (SSSR count). The number of halogens is 1. The molecule has 0 aliphatic heterocycles. The van der Waals surface area contributed by atoms with E-state index in [1.54, 1.807) is 23.7 Å². The van der Waals surface area contributed by atoms with Crippen molar-refractivity contribution < 1.29 is 5.11 Å². The summed E-state index contributed by atoms with van der Waals surface area (Å²) in [5.41, 5.74) is 0.926. The molecular weight excluding hydrogens is 242 g/mol. The average molecular weight is 254 g/mol. The monoisotopic (exact) mass is 253 g/mol. The molecule has 0 saturated heterocycles. The topological polar surface area (TPSA) is 33.1 Å². The first-order chi connectivity index (χ1) is 7.66. The maximum atomic E-state index is 10.0. The van der Waals surface area contributed by atoms with Crippen LogP contribution in [0.25, 0.3) is 0 Å². The molecule has 0 radical (unpaired) electrons. The molecule has 16 heavy (non-hydrogen) atoms. The summed E-state index contributed by atoms with van der Waals surface area (Å²) in [6.45, 7) is 2.03. The maximum absolute atomic E-state index is 10.0. The summed E-state index contributed by atoms with van der Waals surface area (Å²) in [4.78, 5) is 6.10. The maximum Gasteiger partial charge on any atom is 0.0922 e. The van der Waals surface area contributed by atoms with E-state index in [9.17, 15) is 5.11 Å². The predicted molar refractivity (Wildman–Crippen MR) is 67.0 cm³/mol. The molecule has 0 bridgehead atoms. The van der Waals surface area contributed by atoms with Crippen LogP contribution in [-0.2, 0) is 6.42 Å². The Morgan fingerprint density at radius 2 is 2.25 bits per heavy atom. The van der Waals surface area contributed by atoms with Gasteiger partial charge in [-0.05, 0) is 30.7 Å². The third-order valence-electron chi connectivity index (χ3n) is 2.36. The minimum Gasteiger partial charge on any atom is -0.387 e. The molecular formula is C12H12ClNOS. The summed E-state index contributed by atoms with van der Waals surface area (Å²) in [7, 11) is 0. The molecule has 1 unspecified atom stereocenters. The molecule has 0 fully saturated rings. The SMILES string of the molecule is Cc1ccc(C(O)Cc2ccncc2Cl)s1. The Labute approximate surface area is 104 Å². The van der Waals surface area contributed by atoms with Crippen LogP contribution in [0.5, 0.6) is 0 Å². The highest BCUT2D eigenvalue weighted by atomic mass is 35.5. The van der Waals surface area contributed by atoms with Crippen molar-refractivity contribution in [2.75, 3.05) is 0 Å². The lowest BCUT2D eigenvalue weighted by Crippen LogP contribution is -2.00. The van der Waals surface area contributed by atoms with Gasteiger partial charge in [-0.15, -0.1) is 11.3 Å². The number of pyridine rings is 1. The lowest BCUT2D eigenvalue weighted by atomic mass is 10.1. The first-order valence-electron chi connectivity index (χ1n) is 4.99. The number of aliphatic hydroxyl groups excluding tert-OH is 1. The van der Waals surface area contributed by atoms with Gasteiger partial charge in [0.05, 0.1) is 11.1 Å². The zero-order valence-electron chi connectivity index (χ0n) is 8.85. The Morgan fingerprint density at radius 1 is 1.44 bits per heavy atom. The highest BCUT2D eigenvalue weighted by molar-refractivity contribution is 7.12. The first kappa shape index (κ1) is 11.6. The summed E-state index contributed by atoms with van der Waals surface area (Å²) in [6, 6.07) is 5.81. The molecule has 84 valence electrons. The number of rotatable bonds is 3. The third-order valence-corrected chi connectivity index (χ3v) is 3.80. The van der Waals surface area contributed by atoms with Crippen LogP contribution >= 0.6 is 22.9 Å². The van der Waals surface area contributed by atoms with Gasteiger partial charge in [0.15, 0.2) is 0 Å². The smallest absolute Gasteiger partial charge is 0.0922 e. The van der Waals surface area contributed by atoms with E-state index in [4.69, 9.17) is 11.6 Å². The minimum absolute atomic E-state index is 0.487. The first-order valence-corrected chi connectivity index (χ1v) is 6.19. The van der Waals surface area contributed by atoms with Crippen molar-refractivity contribution in [1.29, 1.82) is 0 Å². The van der Waals surface area contributed by atoms with Crippen molar-refractivity contribution in [2.45, 2.75) is 19.4 Å². The number of aliphatic hydroxyl groups is 1. The van der Waals surface area contributed by atoms with Crippen molar-refractivity contribution in [3.05, 3.63) is 50.9 Å². The van der Waals surface area contributed by atoms with Crippen LogP contribution in [0.4, 0.5) is 0 Å². The van der Waals surface area contributed by atoms with E-state index in [-0.39, 0.29) is 0 Å². The fraction of sp³-hybridized carbons (Fsp3) is 0.250. The molecule has 0 spiro atoms. The summed E-state index contributed by atoms with van der Waals surface area (Å²) in [6.07, 6.45) is 3.33. The zero-order chi connectivity index (χ0) is 11.5. The van der Waals surface area contributed by atoms with Crippen molar-refractivity contribution in [3.63, 3.8) is 0 Å². The van der Waals surface area contributed by atoms with E-state index in [0.717, 1.165) is 10.4 Å². The molecule has 1 N–H and O–H groups in total. The second-order valence-corrected chi connectivity index (χ2v) is 5.36. The van der Waals surface area contributed by atoms with Crippen LogP contribution in [0.3, 0.4) is 0 Å². The van der Waals surface area contributed by atoms with Crippen LogP contribution in [0.15, 0.2) is 30.6 Å². The van der Waals surface area contributed by atoms with Crippen molar-refractivity contribution >= 4 is 22.9 Å². The Kier molecular flexibility index (Phi) is 3.59. The summed E-state index contributed by atoms with van der Waals surface area (Å²) in [5, 5.41) is 10.6. The fourth-order valence-corrected chi connectivity index (χ4v) is 2.57. The largest absolute Gasteiger partial charge is 0.387 e. The number of aromatic nitrogens is 1. The Balaban J connectivity index is 2.13. The quantitative estimate of drug-likeness (QED) is 0.910. The van der Waals surface area contributed by atoms with Gasteiger partial charge in [0, 0.05) is 28.6 Å². The van der Waals surface area contributed by atoms with Crippen LogP contribution in [0, 0.1) is 6.92 Å². The van der Waals surface area contributed by atoms with E-state index in [1.165, 1.54) is 4.88 Å². The van der Waals surface area contributed by atoms with Gasteiger partial charge in [-0.3, -0.25) is 4.98 Å². The lowest BCUT2D eigenvalue weighted by molar-refractivity contribution is 0.182. The second-order valence-electron chi connectivity index (χ2n) is 3.64. The van der Waals surface area contributed by atoms with Gasteiger partial charge in [-0.25, -0.2) is 0 Å². The molecule has 0 aliphatic carbocycles. The highest BCUT2D eigenvalue weighted by Crippen LogP contribution is 2.27. The molecule has 2 aromatic rings. The molecule has 4 heteroatoms. The normalized spacial score (nSPS) is 12.7. The number of hydrogen-bond acceptors (Lipinski definition) is 3. The zero-order valence-corrected chi connectivity index (χ0v) is 10.4. The van der Waals surface area contributed by atoms with Crippen molar-refractivity contribution in [2.24, 2.45) is 0 Å². The summed E-state index contributed by atoms with van der Waals surface area (Å²) >= 11 is 7.60. The van der Waals surface area contributed by atoms with E-state index in [2.05, 4.69) is 4.98 Å². The Morgan fingerprint density at radius 3 is 2.88 bits per heavy atom. The van der Waals surface area contributed by atoms with Gasteiger partial charge < -0.3 is 5.11 Å². The molecule has 2 nitrogen and oxygen atoms in total. The van der Waals surface area contributed by atoms with E-state index in [1.807, 2.05) is 25.1 Å². The number of aryl methyl sites for hydroxylation is 1. The minimum atomic E-state index is -0.487. The van der Waals surface area contributed by atoms with Gasteiger partial charge in [-0.2, -0.15) is 0 Å². The van der Waals surface area contributed by atoms with Gasteiger partial charge in [0.1, 0.15) is 0 Å². The average Bonchev–Trinajstić information content (AvgIpc) is 2.68. The number of thiophene rings is 1. The molecule has 0 amide bonds. The van der Waals surface area contributed by atoms with Crippen LogP contribution in [-0.4, -0.2) is 10.1 Å². The fourth-order valence-electron chi connectivity index (χ4n) is 1.51. The van der Waals surface area contributed by atoms with Crippen LogP contribution in [0.1, 0.15) is 21.4 Å².